The van der Waals surface area contributed by atoms with Crippen molar-refractivity contribution >= 4 is 39.5 Å². The molecule has 0 saturated heterocycles. The molecule has 2 rings (SSSR count). The second-order valence-corrected chi connectivity index (χ2v) is 7.51. The molecule has 0 bridgehead atoms. The lowest BCUT2D eigenvalue weighted by molar-refractivity contribution is 0.0956. The number of aryl methyl sites for hydroxylation is 2. The van der Waals surface area contributed by atoms with Gasteiger partial charge in [0.1, 0.15) is 10.7 Å². The van der Waals surface area contributed by atoms with Gasteiger partial charge in [0, 0.05) is 15.8 Å². The predicted molar refractivity (Wildman–Crippen MR) is 90.2 cm³/mol. The molecule has 0 aliphatic heterocycles. The van der Waals surface area contributed by atoms with Crippen molar-refractivity contribution in [2.45, 2.75) is 40.3 Å². The highest BCUT2D eigenvalue weighted by molar-refractivity contribution is 7.18. The fourth-order valence-corrected chi connectivity index (χ4v) is 3.73. The van der Waals surface area contributed by atoms with Gasteiger partial charge in [-0.1, -0.05) is 11.3 Å². The van der Waals surface area contributed by atoms with Crippen molar-refractivity contribution in [3.63, 3.8) is 0 Å². The first-order valence-corrected chi connectivity index (χ1v) is 8.37. The van der Waals surface area contributed by atoms with Gasteiger partial charge in [0.15, 0.2) is 5.13 Å². The molecule has 0 unspecified atom stereocenters. The molecule has 0 aliphatic carbocycles. The first-order valence-electron chi connectivity index (χ1n) is 6.73. The van der Waals surface area contributed by atoms with Crippen LogP contribution >= 0.6 is 22.7 Å². The van der Waals surface area contributed by atoms with Crippen molar-refractivity contribution in [3.8, 4) is 0 Å². The minimum atomic E-state index is -0.175. The molecule has 0 aromatic carbocycles. The van der Waals surface area contributed by atoms with Crippen molar-refractivity contribution < 1.29 is 4.79 Å². The van der Waals surface area contributed by atoms with Gasteiger partial charge in [0.2, 0.25) is 0 Å². The van der Waals surface area contributed by atoms with Gasteiger partial charge >= 0.3 is 0 Å². The minimum absolute atomic E-state index is 0.175. The number of hydrogen-bond acceptors (Lipinski definition) is 6. The lowest BCUT2D eigenvalue weighted by Crippen LogP contribution is -2.22. The summed E-state index contributed by atoms with van der Waals surface area (Å²) < 4.78 is 0. The summed E-state index contributed by atoms with van der Waals surface area (Å²) in [6.45, 7) is 8.69. The molecule has 1 amide bonds. The SMILES string of the molecule is Cc1cc(CNC(=O)c2sc(NC(C)C)nc2N)sc1C. The quantitative estimate of drug-likeness (QED) is 0.789. The van der Waals surface area contributed by atoms with Crippen LogP contribution in [0, 0.1) is 13.8 Å². The summed E-state index contributed by atoms with van der Waals surface area (Å²) in [5.41, 5.74) is 7.07. The van der Waals surface area contributed by atoms with Gasteiger partial charge in [-0.3, -0.25) is 4.79 Å². The zero-order valence-corrected chi connectivity index (χ0v) is 14.2. The van der Waals surface area contributed by atoms with Gasteiger partial charge in [-0.05, 0) is 39.3 Å². The number of amides is 1. The summed E-state index contributed by atoms with van der Waals surface area (Å²) in [5, 5.41) is 6.73. The zero-order valence-electron chi connectivity index (χ0n) is 12.6. The Hall–Kier alpha value is -1.60. The van der Waals surface area contributed by atoms with Crippen LogP contribution in [0.5, 0.6) is 0 Å². The van der Waals surface area contributed by atoms with Crippen LogP contribution in [0.15, 0.2) is 6.07 Å². The normalized spacial score (nSPS) is 10.9. The van der Waals surface area contributed by atoms with Crippen molar-refractivity contribution in [2.24, 2.45) is 0 Å². The Labute approximate surface area is 132 Å². The third-order valence-corrected chi connectivity index (χ3v) is 5.07. The Bertz CT molecular complexity index is 626. The monoisotopic (exact) mass is 324 g/mol. The number of thiazole rings is 1. The molecule has 21 heavy (non-hydrogen) atoms. The van der Waals surface area contributed by atoms with E-state index in [4.69, 9.17) is 5.73 Å². The average molecular weight is 324 g/mol. The van der Waals surface area contributed by atoms with E-state index in [2.05, 4.69) is 35.5 Å². The van der Waals surface area contributed by atoms with Crippen molar-refractivity contribution in [1.82, 2.24) is 10.3 Å². The molecule has 5 nitrogen and oxygen atoms in total. The molecule has 2 heterocycles. The number of rotatable bonds is 5. The third-order valence-electron chi connectivity index (χ3n) is 2.91. The molecular weight excluding hydrogens is 304 g/mol. The van der Waals surface area contributed by atoms with Gasteiger partial charge in [0.25, 0.3) is 5.91 Å². The number of thiophene rings is 1. The Kier molecular flexibility index (Phi) is 4.84. The Morgan fingerprint density at radius 1 is 1.38 bits per heavy atom. The summed E-state index contributed by atoms with van der Waals surface area (Å²) in [6.07, 6.45) is 0. The van der Waals surface area contributed by atoms with Crippen LogP contribution in [0.2, 0.25) is 0 Å². The van der Waals surface area contributed by atoms with Gasteiger partial charge < -0.3 is 16.4 Å². The molecular formula is C14H20N4OS2. The molecule has 0 fully saturated rings. The maximum Gasteiger partial charge on any atom is 0.265 e. The summed E-state index contributed by atoms with van der Waals surface area (Å²) in [4.78, 5) is 19.2. The third kappa shape index (κ3) is 3.95. The molecule has 0 atom stereocenters. The van der Waals surface area contributed by atoms with Crippen molar-refractivity contribution in [1.29, 1.82) is 0 Å². The van der Waals surface area contributed by atoms with Crippen molar-refractivity contribution in [3.05, 3.63) is 26.3 Å². The molecule has 0 spiro atoms. The van der Waals surface area contributed by atoms with Crippen LogP contribution in [0.1, 0.15) is 38.8 Å². The molecule has 4 N–H and O–H groups in total. The second-order valence-electron chi connectivity index (χ2n) is 5.17. The van der Waals surface area contributed by atoms with Crippen LogP contribution in [0.25, 0.3) is 0 Å². The number of nitrogens with two attached hydrogens (primary N) is 1. The maximum atomic E-state index is 12.2. The smallest absolute Gasteiger partial charge is 0.265 e. The van der Waals surface area contributed by atoms with Gasteiger partial charge in [-0.15, -0.1) is 11.3 Å². The van der Waals surface area contributed by atoms with E-state index < -0.39 is 0 Å². The van der Waals surface area contributed by atoms with E-state index in [-0.39, 0.29) is 17.8 Å². The van der Waals surface area contributed by atoms with Crippen LogP contribution in [-0.2, 0) is 6.54 Å². The number of nitrogen functional groups attached to an aromatic ring is 1. The fourth-order valence-electron chi connectivity index (χ4n) is 1.79. The molecule has 7 heteroatoms. The van der Waals surface area contributed by atoms with E-state index in [1.807, 2.05) is 13.8 Å². The van der Waals surface area contributed by atoms with E-state index in [1.54, 1.807) is 11.3 Å². The first-order chi connectivity index (χ1) is 9.86. The summed E-state index contributed by atoms with van der Waals surface area (Å²) in [7, 11) is 0. The van der Waals surface area contributed by atoms with Gasteiger partial charge in [-0.25, -0.2) is 4.98 Å². The van der Waals surface area contributed by atoms with Gasteiger partial charge in [-0.2, -0.15) is 0 Å². The lowest BCUT2D eigenvalue weighted by Gasteiger charge is -2.04. The van der Waals surface area contributed by atoms with E-state index in [1.165, 1.54) is 21.8 Å². The Balaban J connectivity index is 2.01. The number of nitrogens with one attached hydrogen (secondary N) is 2. The topological polar surface area (TPSA) is 80.0 Å². The standard InChI is InChI=1S/C14H20N4OS2/c1-7(2)17-14-18-12(15)11(21-14)13(19)16-6-10-5-8(3)9(4)20-10/h5,7H,6,15H2,1-4H3,(H,16,19)(H,17,18). The predicted octanol–water partition coefficient (Wildman–Crippen LogP) is 3.15. The number of nitrogens with zero attached hydrogens (tertiary/aromatic N) is 1. The molecule has 114 valence electrons. The van der Waals surface area contributed by atoms with Crippen LogP contribution in [0.4, 0.5) is 10.9 Å². The number of hydrogen-bond donors (Lipinski definition) is 3. The Morgan fingerprint density at radius 2 is 2.10 bits per heavy atom. The average Bonchev–Trinajstić information content (AvgIpc) is 2.89. The zero-order chi connectivity index (χ0) is 15.6. The largest absolute Gasteiger partial charge is 0.382 e. The second kappa shape index (κ2) is 6.44. The summed E-state index contributed by atoms with van der Waals surface area (Å²) in [6, 6.07) is 2.35. The number of anilines is 2. The molecule has 0 saturated carbocycles. The van der Waals surface area contributed by atoms with Crippen LogP contribution in [-0.4, -0.2) is 16.9 Å². The molecule has 2 aromatic heterocycles. The summed E-state index contributed by atoms with van der Waals surface area (Å²) >= 11 is 2.98. The Morgan fingerprint density at radius 3 is 2.67 bits per heavy atom. The van der Waals surface area contributed by atoms with Crippen LogP contribution in [0.3, 0.4) is 0 Å². The van der Waals surface area contributed by atoms with Gasteiger partial charge in [0.05, 0.1) is 6.54 Å². The first kappa shape index (κ1) is 15.8. The molecule has 2 aromatic rings. The summed E-state index contributed by atoms with van der Waals surface area (Å²) in [5.74, 6) is 0.102. The van der Waals surface area contributed by atoms with E-state index in [0.29, 0.717) is 16.6 Å². The number of carbonyl (C=O) groups is 1. The molecule has 0 radical (unpaired) electrons. The van der Waals surface area contributed by atoms with E-state index in [0.717, 1.165) is 4.88 Å². The maximum absolute atomic E-state index is 12.2. The highest BCUT2D eigenvalue weighted by atomic mass is 32.1. The highest BCUT2D eigenvalue weighted by Gasteiger charge is 2.16. The number of carbonyl (C=O) groups excluding carboxylic acids is 1. The van der Waals surface area contributed by atoms with Crippen molar-refractivity contribution in [2.75, 3.05) is 11.1 Å². The lowest BCUT2D eigenvalue weighted by atomic mass is 10.3. The van der Waals surface area contributed by atoms with Crippen LogP contribution < -0.4 is 16.4 Å². The minimum Gasteiger partial charge on any atom is -0.382 e. The fraction of sp³-hybridized carbons (Fsp3) is 0.429. The highest BCUT2D eigenvalue weighted by Crippen LogP contribution is 2.26. The van der Waals surface area contributed by atoms with E-state index >= 15 is 0 Å². The molecule has 0 aliphatic rings. The van der Waals surface area contributed by atoms with E-state index in [9.17, 15) is 4.79 Å². The number of aromatic nitrogens is 1.